The molecule has 0 aromatic heterocycles. The summed E-state index contributed by atoms with van der Waals surface area (Å²) in [6.07, 6.45) is 3.28. The molecule has 2 heterocycles. The Morgan fingerprint density at radius 2 is 2.10 bits per heavy atom. The maximum absolute atomic E-state index is 12.1. The summed E-state index contributed by atoms with van der Waals surface area (Å²) in [5.74, 6) is 0. The summed E-state index contributed by atoms with van der Waals surface area (Å²) >= 11 is 0. The fourth-order valence-electron chi connectivity index (χ4n) is 2.86. The van der Waals surface area contributed by atoms with Gasteiger partial charge in [-0.1, -0.05) is 0 Å². The second kappa shape index (κ2) is 6.31. The van der Waals surface area contributed by atoms with Crippen molar-refractivity contribution in [3.63, 3.8) is 0 Å². The number of carbonyl (C=O) groups excluding carboxylic acids is 1. The van der Waals surface area contributed by atoms with E-state index in [0.717, 1.165) is 39.0 Å². The highest BCUT2D eigenvalue weighted by atomic mass is 16.6. The molecule has 116 valence electrons. The number of likely N-dealkylation sites (tertiary alicyclic amines) is 1. The van der Waals surface area contributed by atoms with Gasteiger partial charge in [0.15, 0.2) is 0 Å². The van der Waals surface area contributed by atoms with Crippen LogP contribution in [-0.2, 0) is 9.47 Å². The second-order valence-corrected chi connectivity index (χ2v) is 6.90. The van der Waals surface area contributed by atoms with Crippen molar-refractivity contribution in [2.45, 2.75) is 70.7 Å². The van der Waals surface area contributed by atoms with Crippen molar-refractivity contribution in [1.29, 1.82) is 0 Å². The summed E-state index contributed by atoms with van der Waals surface area (Å²) in [6.45, 7) is 10.2. The van der Waals surface area contributed by atoms with E-state index in [0.29, 0.717) is 12.1 Å². The Hall–Kier alpha value is -0.810. The molecular formula is C15H28N2O3. The van der Waals surface area contributed by atoms with Crippen molar-refractivity contribution in [2.75, 3.05) is 19.7 Å². The zero-order valence-corrected chi connectivity index (χ0v) is 13.1. The van der Waals surface area contributed by atoms with Crippen LogP contribution in [0.5, 0.6) is 0 Å². The predicted molar refractivity (Wildman–Crippen MR) is 77.8 cm³/mol. The Labute approximate surface area is 122 Å². The third-order valence-corrected chi connectivity index (χ3v) is 3.90. The van der Waals surface area contributed by atoms with Gasteiger partial charge in [-0.15, -0.1) is 0 Å². The highest BCUT2D eigenvalue weighted by molar-refractivity contribution is 5.68. The lowest BCUT2D eigenvalue weighted by Gasteiger charge is -2.36. The van der Waals surface area contributed by atoms with Crippen LogP contribution in [0.15, 0.2) is 0 Å². The van der Waals surface area contributed by atoms with Crippen molar-refractivity contribution >= 4 is 6.09 Å². The normalized spacial score (nSPS) is 31.4. The van der Waals surface area contributed by atoms with Crippen molar-refractivity contribution in [3.8, 4) is 0 Å². The highest BCUT2D eigenvalue weighted by Crippen LogP contribution is 2.18. The van der Waals surface area contributed by atoms with E-state index < -0.39 is 5.60 Å². The lowest BCUT2D eigenvalue weighted by molar-refractivity contribution is 0.0178. The number of nitrogens with zero attached hydrogens (tertiary/aromatic N) is 1. The smallest absolute Gasteiger partial charge is 0.410 e. The summed E-state index contributed by atoms with van der Waals surface area (Å²) in [7, 11) is 0. The van der Waals surface area contributed by atoms with Gasteiger partial charge in [0.25, 0.3) is 0 Å². The molecule has 2 rings (SSSR count). The first-order valence-electron chi connectivity index (χ1n) is 7.71. The summed E-state index contributed by atoms with van der Waals surface area (Å²) in [4.78, 5) is 13.9. The van der Waals surface area contributed by atoms with Crippen LogP contribution in [0.4, 0.5) is 4.79 Å². The Bertz CT molecular complexity index is 341. The third kappa shape index (κ3) is 4.35. The number of amides is 1. The average Bonchev–Trinajstić information content (AvgIpc) is 2.73. The van der Waals surface area contributed by atoms with Crippen LogP contribution in [0.25, 0.3) is 0 Å². The zero-order chi connectivity index (χ0) is 14.8. The maximum atomic E-state index is 12.1. The molecule has 20 heavy (non-hydrogen) atoms. The first-order chi connectivity index (χ1) is 9.35. The van der Waals surface area contributed by atoms with E-state index in [1.807, 2.05) is 25.7 Å². The van der Waals surface area contributed by atoms with Crippen molar-refractivity contribution in [1.82, 2.24) is 10.2 Å². The minimum absolute atomic E-state index is 0.195. The second-order valence-electron chi connectivity index (χ2n) is 6.90. The molecule has 0 spiro atoms. The fourth-order valence-corrected chi connectivity index (χ4v) is 2.86. The fraction of sp³-hybridized carbons (Fsp3) is 0.933. The minimum atomic E-state index is -0.425. The van der Waals surface area contributed by atoms with Crippen molar-refractivity contribution in [2.24, 2.45) is 0 Å². The van der Waals surface area contributed by atoms with Gasteiger partial charge in [0.05, 0.1) is 6.10 Å². The zero-order valence-electron chi connectivity index (χ0n) is 13.1. The van der Waals surface area contributed by atoms with Crippen LogP contribution in [0.1, 0.15) is 47.0 Å². The topological polar surface area (TPSA) is 50.8 Å². The van der Waals surface area contributed by atoms with Gasteiger partial charge >= 0.3 is 6.09 Å². The number of piperidine rings is 1. The molecule has 5 nitrogen and oxygen atoms in total. The monoisotopic (exact) mass is 284 g/mol. The molecule has 0 aromatic carbocycles. The van der Waals surface area contributed by atoms with Gasteiger partial charge in [-0.2, -0.15) is 0 Å². The Balaban J connectivity index is 1.83. The number of nitrogens with one attached hydrogen (secondary N) is 1. The van der Waals surface area contributed by atoms with Gasteiger partial charge in [0.1, 0.15) is 5.60 Å². The summed E-state index contributed by atoms with van der Waals surface area (Å²) < 4.78 is 11.0. The molecule has 0 radical (unpaired) electrons. The molecule has 2 saturated heterocycles. The molecule has 3 unspecified atom stereocenters. The first-order valence-corrected chi connectivity index (χ1v) is 7.71. The molecule has 2 aliphatic rings. The molecule has 1 N–H and O–H groups in total. The highest BCUT2D eigenvalue weighted by Gasteiger charge is 2.31. The van der Waals surface area contributed by atoms with Gasteiger partial charge in [0, 0.05) is 31.8 Å². The van der Waals surface area contributed by atoms with Gasteiger partial charge in [0.2, 0.25) is 0 Å². The molecule has 0 saturated carbocycles. The van der Waals surface area contributed by atoms with Crippen LogP contribution in [0.3, 0.4) is 0 Å². The van der Waals surface area contributed by atoms with E-state index in [2.05, 4.69) is 12.2 Å². The molecule has 1 amide bonds. The van der Waals surface area contributed by atoms with Crippen LogP contribution >= 0.6 is 0 Å². The summed E-state index contributed by atoms with van der Waals surface area (Å²) in [5, 5.41) is 3.64. The standard InChI is InChI=1S/C15H28N2O3/c1-11-13(7-9-19-11)16-12-6-5-8-17(10-12)14(18)20-15(2,3)4/h11-13,16H,5-10H2,1-4H3. The van der Waals surface area contributed by atoms with Crippen molar-refractivity contribution in [3.05, 3.63) is 0 Å². The number of hydrogen-bond acceptors (Lipinski definition) is 4. The summed E-state index contributed by atoms with van der Waals surface area (Å²) in [6, 6.07) is 0.768. The Morgan fingerprint density at radius 3 is 2.70 bits per heavy atom. The number of rotatable bonds is 2. The minimum Gasteiger partial charge on any atom is -0.444 e. The number of ether oxygens (including phenoxy) is 2. The first kappa shape index (κ1) is 15.6. The van der Waals surface area contributed by atoms with Crippen LogP contribution in [-0.4, -0.2) is 54.5 Å². The molecule has 3 atom stereocenters. The van der Waals surface area contributed by atoms with E-state index in [-0.39, 0.29) is 12.2 Å². The molecule has 2 aliphatic heterocycles. The third-order valence-electron chi connectivity index (χ3n) is 3.90. The Morgan fingerprint density at radius 1 is 1.35 bits per heavy atom. The van der Waals surface area contributed by atoms with Crippen LogP contribution in [0, 0.1) is 0 Å². The van der Waals surface area contributed by atoms with E-state index in [9.17, 15) is 4.79 Å². The van der Waals surface area contributed by atoms with Gasteiger partial charge in [-0.25, -0.2) is 4.79 Å². The largest absolute Gasteiger partial charge is 0.444 e. The predicted octanol–water partition coefficient (Wildman–Crippen LogP) is 2.15. The Kier molecular flexibility index (Phi) is 4.91. The molecule has 0 bridgehead atoms. The summed E-state index contributed by atoms with van der Waals surface area (Å²) in [5.41, 5.74) is -0.425. The van der Waals surface area contributed by atoms with E-state index >= 15 is 0 Å². The number of carbonyl (C=O) groups is 1. The van der Waals surface area contributed by atoms with E-state index in [1.54, 1.807) is 0 Å². The average molecular weight is 284 g/mol. The van der Waals surface area contributed by atoms with E-state index in [1.165, 1.54) is 0 Å². The van der Waals surface area contributed by atoms with Gasteiger partial charge in [-0.05, 0) is 47.0 Å². The van der Waals surface area contributed by atoms with Crippen molar-refractivity contribution < 1.29 is 14.3 Å². The maximum Gasteiger partial charge on any atom is 0.410 e. The van der Waals surface area contributed by atoms with Gasteiger partial charge in [-0.3, -0.25) is 0 Å². The lowest BCUT2D eigenvalue weighted by Crippen LogP contribution is -2.52. The number of hydrogen-bond donors (Lipinski definition) is 1. The van der Waals surface area contributed by atoms with Gasteiger partial charge < -0.3 is 19.7 Å². The van der Waals surface area contributed by atoms with Crippen LogP contribution < -0.4 is 5.32 Å². The quantitative estimate of drug-likeness (QED) is 0.844. The SMILES string of the molecule is CC1OCCC1NC1CCCN(C(=O)OC(C)(C)C)C1. The van der Waals surface area contributed by atoms with E-state index in [4.69, 9.17) is 9.47 Å². The van der Waals surface area contributed by atoms with Crippen LogP contribution in [0.2, 0.25) is 0 Å². The molecular weight excluding hydrogens is 256 g/mol. The molecule has 5 heteroatoms. The molecule has 0 aromatic rings. The molecule has 0 aliphatic carbocycles. The lowest BCUT2D eigenvalue weighted by atomic mass is 10.0. The molecule has 2 fully saturated rings.